The standard InChI is InChI=1S/C30H24N6O2/c1-37-23-15-13-21(14-16-23)26-28(33-24-19-31-17-18-32-24)34-29-25(20-9-5-3-6-10-20)27(22-11-7-4-8-12-22)35-36(29)30(26)38-2/h3-19H,1-2H3,(H,32,33,34). The second kappa shape index (κ2) is 10.0. The topological polar surface area (TPSA) is 86.5 Å². The van der Waals surface area contributed by atoms with Crippen LogP contribution < -0.4 is 14.8 Å². The largest absolute Gasteiger partial charge is 0.497 e. The summed E-state index contributed by atoms with van der Waals surface area (Å²) in [6, 6.07) is 28.0. The molecule has 6 aromatic rings. The van der Waals surface area contributed by atoms with Crippen LogP contribution >= 0.6 is 0 Å². The van der Waals surface area contributed by atoms with Gasteiger partial charge in [-0.15, -0.1) is 0 Å². The van der Waals surface area contributed by atoms with Crippen molar-refractivity contribution in [2.75, 3.05) is 19.5 Å². The molecule has 0 aliphatic carbocycles. The van der Waals surface area contributed by atoms with Crippen LogP contribution in [-0.2, 0) is 0 Å². The van der Waals surface area contributed by atoms with E-state index in [1.165, 1.54) is 0 Å². The van der Waals surface area contributed by atoms with E-state index in [-0.39, 0.29) is 0 Å². The molecular formula is C30H24N6O2. The van der Waals surface area contributed by atoms with E-state index in [1.54, 1.807) is 37.3 Å². The number of hydrogen-bond acceptors (Lipinski definition) is 7. The molecule has 0 bridgehead atoms. The molecule has 3 heterocycles. The molecule has 8 heteroatoms. The predicted octanol–water partition coefficient (Wildman–Crippen LogP) is 6.28. The third kappa shape index (κ3) is 4.18. The minimum atomic E-state index is 0.533. The fraction of sp³-hybridized carbons (Fsp3) is 0.0667. The number of ether oxygens (including phenoxy) is 2. The lowest BCUT2D eigenvalue weighted by atomic mass is 10.0. The molecule has 186 valence electrons. The zero-order valence-electron chi connectivity index (χ0n) is 20.9. The fourth-order valence-corrected chi connectivity index (χ4v) is 4.47. The molecule has 0 fully saturated rings. The summed E-state index contributed by atoms with van der Waals surface area (Å²) in [6.07, 6.45) is 4.91. The van der Waals surface area contributed by atoms with E-state index < -0.39 is 0 Å². The van der Waals surface area contributed by atoms with Gasteiger partial charge in [0.15, 0.2) is 5.65 Å². The number of fused-ring (bicyclic) bond motifs is 1. The lowest BCUT2D eigenvalue weighted by Gasteiger charge is -2.16. The molecule has 0 saturated carbocycles. The summed E-state index contributed by atoms with van der Waals surface area (Å²) in [5.41, 5.74) is 5.94. The monoisotopic (exact) mass is 500 g/mol. The molecule has 38 heavy (non-hydrogen) atoms. The van der Waals surface area contributed by atoms with E-state index in [0.717, 1.165) is 39.3 Å². The molecule has 8 nitrogen and oxygen atoms in total. The Morgan fingerprint density at radius 3 is 2.03 bits per heavy atom. The summed E-state index contributed by atoms with van der Waals surface area (Å²) < 4.78 is 13.2. The maximum atomic E-state index is 6.04. The van der Waals surface area contributed by atoms with Gasteiger partial charge in [0, 0.05) is 18.0 Å². The summed E-state index contributed by atoms with van der Waals surface area (Å²) >= 11 is 0. The van der Waals surface area contributed by atoms with Gasteiger partial charge in [0.1, 0.15) is 23.1 Å². The van der Waals surface area contributed by atoms with Crippen LogP contribution in [0.5, 0.6) is 11.6 Å². The SMILES string of the molecule is COc1ccc(-c2c(Nc3cnccn3)nc3c(-c4ccccc4)c(-c4ccccc4)nn3c2OC)cc1. The highest BCUT2D eigenvalue weighted by Crippen LogP contribution is 2.42. The molecule has 3 aromatic heterocycles. The Hall–Kier alpha value is -5.24. The minimum absolute atomic E-state index is 0.533. The zero-order valence-corrected chi connectivity index (χ0v) is 20.9. The van der Waals surface area contributed by atoms with Gasteiger partial charge in [0.05, 0.1) is 31.5 Å². The van der Waals surface area contributed by atoms with Gasteiger partial charge in [-0.25, -0.2) is 9.97 Å². The maximum absolute atomic E-state index is 6.04. The van der Waals surface area contributed by atoms with Crippen LogP contribution in [0.2, 0.25) is 0 Å². The van der Waals surface area contributed by atoms with Gasteiger partial charge in [-0.2, -0.15) is 9.61 Å². The Balaban J connectivity index is 1.69. The quantitative estimate of drug-likeness (QED) is 0.276. The van der Waals surface area contributed by atoms with Crippen molar-refractivity contribution in [2.45, 2.75) is 0 Å². The van der Waals surface area contributed by atoms with Crippen molar-refractivity contribution in [1.82, 2.24) is 24.6 Å². The van der Waals surface area contributed by atoms with Crippen LogP contribution in [0, 0.1) is 0 Å². The Kier molecular flexibility index (Phi) is 6.11. The van der Waals surface area contributed by atoms with Crippen LogP contribution in [0.3, 0.4) is 0 Å². The smallest absolute Gasteiger partial charge is 0.228 e. The highest BCUT2D eigenvalue weighted by molar-refractivity contribution is 5.93. The fourth-order valence-electron chi connectivity index (χ4n) is 4.47. The van der Waals surface area contributed by atoms with Crippen LogP contribution in [0.4, 0.5) is 11.6 Å². The summed E-state index contributed by atoms with van der Waals surface area (Å²) in [4.78, 5) is 13.7. The Bertz CT molecular complexity index is 1690. The lowest BCUT2D eigenvalue weighted by molar-refractivity contribution is 0.387. The van der Waals surface area contributed by atoms with Gasteiger partial charge >= 0.3 is 0 Å². The number of aromatic nitrogens is 5. The number of hydrogen-bond donors (Lipinski definition) is 1. The molecule has 0 unspecified atom stereocenters. The molecule has 0 aliphatic rings. The highest BCUT2D eigenvalue weighted by Gasteiger charge is 2.25. The first kappa shape index (κ1) is 23.2. The molecule has 0 amide bonds. The molecule has 0 radical (unpaired) electrons. The second-order valence-corrected chi connectivity index (χ2v) is 8.48. The number of benzene rings is 3. The van der Waals surface area contributed by atoms with Crippen molar-refractivity contribution < 1.29 is 9.47 Å². The minimum Gasteiger partial charge on any atom is -0.497 e. The second-order valence-electron chi connectivity index (χ2n) is 8.48. The van der Waals surface area contributed by atoms with E-state index >= 15 is 0 Å². The van der Waals surface area contributed by atoms with Gasteiger partial charge in [-0.3, -0.25) is 4.98 Å². The van der Waals surface area contributed by atoms with Crippen LogP contribution in [0.15, 0.2) is 104 Å². The van der Waals surface area contributed by atoms with E-state index in [9.17, 15) is 0 Å². The predicted molar refractivity (Wildman–Crippen MR) is 148 cm³/mol. The zero-order chi connectivity index (χ0) is 25.9. The highest BCUT2D eigenvalue weighted by atomic mass is 16.5. The van der Waals surface area contributed by atoms with Crippen molar-refractivity contribution in [2.24, 2.45) is 0 Å². The van der Waals surface area contributed by atoms with Crippen LogP contribution in [0.25, 0.3) is 39.2 Å². The molecule has 0 saturated heterocycles. The third-order valence-electron chi connectivity index (χ3n) is 6.21. The van der Waals surface area contributed by atoms with E-state index in [1.807, 2.05) is 72.8 Å². The summed E-state index contributed by atoms with van der Waals surface area (Å²) in [7, 11) is 3.28. The van der Waals surface area contributed by atoms with E-state index in [4.69, 9.17) is 19.6 Å². The first-order valence-electron chi connectivity index (χ1n) is 12.1. The molecule has 0 aliphatic heterocycles. The van der Waals surface area contributed by atoms with Crippen molar-refractivity contribution in [3.63, 3.8) is 0 Å². The van der Waals surface area contributed by atoms with Gasteiger partial charge in [0.25, 0.3) is 0 Å². The molecule has 0 atom stereocenters. The number of anilines is 2. The van der Waals surface area contributed by atoms with E-state index in [2.05, 4.69) is 27.4 Å². The number of nitrogens with zero attached hydrogens (tertiary/aromatic N) is 5. The third-order valence-corrected chi connectivity index (χ3v) is 6.21. The Morgan fingerprint density at radius 2 is 1.39 bits per heavy atom. The normalized spacial score (nSPS) is 10.9. The lowest BCUT2D eigenvalue weighted by Crippen LogP contribution is -2.06. The first-order chi connectivity index (χ1) is 18.8. The summed E-state index contributed by atoms with van der Waals surface area (Å²) in [5.74, 6) is 2.41. The maximum Gasteiger partial charge on any atom is 0.228 e. The van der Waals surface area contributed by atoms with Crippen molar-refractivity contribution in [3.8, 4) is 45.1 Å². The van der Waals surface area contributed by atoms with Crippen molar-refractivity contribution >= 4 is 17.3 Å². The van der Waals surface area contributed by atoms with Crippen molar-refractivity contribution in [1.29, 1.82) is 0 Å². The van der Waals surface area contributed by atoms with Gasteiger partial charge < -0.3 is 14.8 Å². The number of nitrogens with one attached hydrogen (secondary N) is 1. The molecule has 1 N–H and O–H groups in total. The molecule has 6 rings (SSSR count). The average molecular weight is 501 g/mol. The van der Waals surface area contributed by atoms with Gasteiger partial charge in [-0.05, 0) is 23.3 Å². The van der Waals surface area contributed by atoms with Crippen LogP contribution in [-0.4, -0.2) is 38.8 Å². The van der Waals surface area contributed by atoms with Crippen molar-refractivity contribution in [3.05, 3.63) is 104 Å². The first-order valence-corrected chi connectivity index (χ1v) is 12.1. The Labute approximate surface area is 219 Å². The van der Waals surface area contributed by atoms with E-state index in [0.29, 0.717) is 23.2 Å². The molecular weight excluding hydrogens is 476 g/mol. The van der Waals surface area contributed by atoms with Gasteiger partial charge in [-0.1, -0.05) is 72.8 Å². The van der Waals surface area contributed by atoms with Gasteiger partial charge in [0.2, 0.25) is 5.88 Å². The summed E-state index contributed by atoms with van der Waals surface area (Å²) in [6.45, 7) is 0. The number of methoxy groups -OCH3 is 2. The number of rotatable bonds is 7. The molecule has 3 aromatic carbocycles. The molecule has 0 spiro atoms. The Morgan fingerprint density at radius 1 is 0.711 bits per heavy atom. The average Bonchev–Trinajstić information content (AvgIpc) is 3.37. The van der Waals surface area contributed by atoms with Crippen LogP contribution in [0.1, 0.15) is 0 Å². The summed E-state index contributed by atoms with van der Waals surface area (Å²) in [5, 5.41) is 8.40.